The Balaban J connectivity index is 1.87. The summed E-state index contributed by atoms with van der Waals surface area (Å²) in [5, 5.41) is 10.3. The van der Waals surface area contributed by atoms with E-state index in [0.717, 1.165) is 42.9 Å². The van der Waals surface area contributed by atoms with Crippen molar-refractivity contribution in [2.75, 3.05) is 6.61 Å². The van der Waals surface area contributed by atoms with Crippen LogP contribution in [0, 0.1) is 0 Å². The van der Waals surface area contributed by atoms with Crippen LogP contribution in [0.3, 0.4) is 0 Å². The number of imidazole rings is 1. The van der Waals surface area contributed by atoms with Gasteiger partial charge in [-0.25, -0.2) is 4.98 Å². The Bertz CT molecular complexity index is 558. The van der Waals surface area contributed by atoms with Crippen LogP contribution in [-0.4, -0.2) is 33.5 Å². The molecule has 2 aromatic rings. The summed E-state index contributed by atoms with van der Waals surface area (Å²) in [5.74, 6) is 0.951. The Morgan fingerprint density at radius 1 is 1.47 bits per heavy atom. The number of nitrogens with zero attached hydrogens (tertiary/aromatic N) is 2. The van der Waals surface area contributed by atoms with Gasteiger partial charge in [0.05, 0.1) is 23.2 Å². The minimum atomic E-state index is -0.454. The maximum Gasteiger partial charge on any atom is 0.112 e. The number of benzene rings is 1. The molecular formula is C15H20N2O2. The van der Waals surface area contributed by atoms with Crippen LogP contribution in [0.5, 0.6) is 0 Å². The molecule has 0 radical (unpaired) electrons. The van der Waals surface area contributed by atoms with Crippen molar-refractivity contribution in [1.29, 1.82) is 0 Å². The molecule has 1 saturated heterocycles. The van der Waals surface area contributed by atoms with Gasteiger partial charge >= 0.3 is 0 Å². The molecule has 19 heavy (non-hydrogen) atoms. The van der Waals surface area contributed by atoms with Crippen molar-refractivity contribution < 1.29 is 9.84 Å². The van der Waals surface area contributed by atoms with E-state index in [2.05, 4.69) is 22.5 Å². The highest BCUT2D eigenvalue weighted by Gasteiger charge is 2.25. The first-order valence-corrected chi connectivity index (χ1v) is 7.03. The first-order valence-electron chi connectivity index (χ1n) is 7.03. The molecular weight excluding hydrogens is 240 g/mol. The molecule has 2 unspecified atom stereocenters. The van der Waals surface area contributed by atoms with Crippen molar-refractivity contribution in [3.05, 3.63) is 30.1 Å². The molecule has 1 aromatic carbocycles. The fourth-order valence-electron chi connectivity index (χ4n) is 2.86. The van der Waals surface area contributed by atoms with Crippen molar-refractivity contribution in [2.24, 2.45) is 0 Å². The number of aromatic nitrogens is 2. The molecule has 0 aliphatic carbocycles. The number of fused-ring (bicyclic) bond motifs is 1. The Kier molecular flexibility index (Phi) is 3.53. The number of aryl methyl sites for hydroxylation is 1. The molecule has 0 amide bonds. The summed E-state index contributed by atoms with van der Waals surface area (Å²) in [5.41, 5.74) is 2.14. The van der Waals surface area contributed by atoms with E-state index in [9.17, 15) is 5.11 Å². The highest BCUT2D eigenvalue weighted by atomic mass is 16.5. The highest BCUT2D eigenvalue weighted by Crippen LogP contribution is 2.21. The average molecular weight is 260 g/mol. The largest absolute Gasteiger partial charge is 0.390 e. The maximum absolute atomic E-state index is 10.3. The smallest absolute Gasteiger partial charge is 0.112 e. The zero-order valence-corrected chi connectivity index (χ0v) is 11.2. The van der Waals surface area contributed by atoms with Gasteiger partial charge in [-0.05, 0) is 31.9 Å². The Morgan fingerprint density at radius 2 is 2.32 bits per heavy atom. The lowest BCUT2D eigenvalue weighted by atomic mass is 10.1. The Morgan fingerprint density at radius 3 is 3.05 bits per heavy atom. The van der Waals surface area contributed by atoms with Gasteiger partial charge in [-0.3, -0.25) is 0 Å². The number of para-hydroxylation sites is 2. The van der Waals surface area contributed by atoms with E-state index in [1.165, 1.54) is 0 Å². The molecule has 2 atom stereocenters. The Hall–Kier alpha value is -1.39. The van der Waals surface area contributed by atoms with Gasteiger partial charge in [0.25, 0.3) is 0 Å². The van der Waals surface area contributed by atoms with E-state index < -0.39 is 6.10 Å². The fraction of sp³-hybridized carbons (Fsp3) is 0.533. The van der Waals surface area contributed by atoms with E-state index in [-0.39, 0.29) is 6.10 Å². The molecule has 4 heteroatoms. The van der Waals surface area contributed by atoms with Crippen LogP contribution in [0.4, 0.5) is 0 Å². The molecule has 1 aromatic heterocycles. The van der Waals surface area contributed by atoms with Crippen LogP contribution in [0.15, 0.2) is 24.3 Å². The molecule has 3 rings (SSSR count). The van der Waals surface area contributed by atoms with Crippen LogP contribution in [0.25, 0.3) is 11.0 Å². The minimum Gasteiger partial charge on any atom is -0.390 e. The van der Waals surface area contributed by atoms with E-state index in [1.54, 1.807) is 0 Å². The van der Waals surface area contributed by atoms with Gasteiger partial charge in [0.2, 0.25) is 0 Å². The highest BCUT2D eigenvalue weighted by molar-refractivity contribution is 5.75. The number of aliphatic hydroxyl groups is 1. The molecule has 1 aliphatic rings. The lowest BCUT2D eigenvalue weighted by Gasteiger charge is -2.17. The second-order valence-electron chi connectivity index (χ2n) is 5.08. The van der Waals surface area contributed by atoms with Crippen molar-refractivity contribution in [2.45, 2.75) is 44.9 Å². The van der Waals surface area contributed by atoms with Gasteiger partial charge in [0, 0.05) is 19.6 Å². The van der Waals surface area contributed by atoms with E-state index in [1.807, 2.05) is 18.2 Å². The number of rotatable bonds is 4. The fourth-order valence-corrected chi connectivity index (χ4v) is 2.86. The van der Waals surface area contributed by atoms with Crippen LogP contribution >= 0.6 is 0 Å². The zero-order chi connectivity index (χ0) is 13.2. The van der Waals surface area contributed by atoms with Crippen molar-refractivity contribution in [3.63, 3.8) is 0 Å². The van der Waals surface area contributed by atoms with Gasteiger partial charge in [-0.2, -0.15) is 0 Å². The normalized spacial score (nSPS) is 21.1. The average Bonchev–Trinajstić information content (AvgIpc) is 3.05. The molecule has 1 N–H and O–H groups in total. The molecule has 0 saturated carbocycles. The third kappa shape index (κ3) is 2.38. The molecule has 2 heterocycles. The maximum atomic E-state index is 10.3. The third-order valence-electron chi connectivity index (χ3n) is 3.84. The summed E-state index contributed by atoms with van der Waals surface area (Å²) in [6.07, 6.45) is 2.09. The van der Waals surface area contributed by atoms with Gasteiger partial charge in [0.15, 0.2) is 0 Å². The van der Waals surface area contributed by atoms with Crippen molar-refractivity contribution in [1.82, 2.24) is 9.55 Å². The summed E-state index contributed by atoms with van der Waals surface area (Å²) < 4.78 is 7.72. The predicted octanol–water partition coefficient (Wildman–Crippen LogP) is 2.14. The summed E-state index contributed by atoms with van der Waals surface area (Å²) in [6.45, 7) is 3.75. The lowest BCUT2D eigenvalue weighted by Crippen LogP contribution is -2.28. The SMILES string of the molecule is CCn1c(CC(O)C2CCCO2)nc2ccccc21. The number of hydrogen-bond donors (Lipinski definition) is 1. The summed E-state index contributed by atoms with van der Waals surface area (Å²) >= 11 is 0. The zero-order valence-electron chi connectivity index (χ0n) is 11.2. The van der Waals surface area contributed by atoms with E-state index >= 15 is 0 Å². The van der Waals surface area contributed by atoms with Crippen molar-refractivity contribution >= 4 is 11.0 Å². The molecule has 1 aliphatic heterocycles. The number of ether oxygens (including phenoxy) is 1. The van der Waals surface area contributed by atoms with Crippen molar-refractivity contribution in [3.8, 4) is 0 Å². The molecule has 1 fully saturated rings. The van der Waals surface area contributed by atoms with Crippen LogP contribution in [0.2, 0.25) is 0 Å². The Labute approximate surface area is 113 Å². The second kappa shape index (κ2) is 5.31. The van der Waals surface area contributed by atoms with Crippen LogP contribution < -0.4 is 0 Å². The van der Waals surface area contributed by atoms with E-state index in [4.69, 9.17) is 4.74 Å². The first-order chi connectivity index (χ1) is 9.29. The number of aliphatic hydroxyl groups excluding tert-OH is 1. The van der Waals surface area contributed by atoms with Crippen LogP contribution in [0.1, 0.15) is 25.6 Å². The van der Waals surface area contributed by atoms with Gasteiger partial charge in [-0.15, -0.1) is 0 Å². The monoisotopic (exact) mass is 260 g/mol. The molecule has 0 bridgehead atoms. The molecule has 102 valence electrons. The molecule has 4 nitrogen and oxygen atoms in total. The van der Waals surface area contributed by atoms with Gasteiger partial charge in [0.1, 0.15) is 5.82 Å². The summed E-state index contributed by atoms with van der Waals surface area (Å²) in [4.78, 5) is 4.64. The van der Waals surface area contributed by atoms with Crippen LogP contribution in [-0.2, 0) is 17.7 Å². The number of hydrogen-bond acceptors (Lipinski definition) is 3. The third-order valence-corrected chi connectivity index (χ3v) is 3.84. The first kappa shape index (κ1) is 12.6. The van der Waals surface area contributed by atoms with Gasteiger partial charge in [-0.1, -0.05) is 12.1 Å². The van der Waals surface area contributed by atoms with E-state index in [0.29, 0.717) is 6.42 Å². The summed E-state index contributed by atoms with van der Waals surface area (Å²) in [7, 11) is 0. The molecule has 0 spiro atoms. The quantitative estimate of drug-likeness (QED) is 0.916. The lowest BCUT2D eigenvalue weighted by molar-refractivity contribution is -0.00198. The van der Waals surface area contributed by atoms with Gasteiger partial charge < -0.3 is 14.4 Å². The summed E-state index contributed by atoms with van der Waals surface area (Å²) in [6, 6.07) is 8.11. The predicted molar refractivity (Wildman–Crippen MR) is 74.1 cm³/mol. The second-order valence-corrected chi connectivity index (χ2v) is 5.08. The topological polar surface area (TPSA) is 47.3 Å². The minimum absolute atomic E-state index is 0.0230. The standard InChI is InChI=1S/C15H20N2O2/c1-2-17-12-7-4-3-6-11(12)16-15(17)10-13(18)14-8-5-9-19-14/h3-4,6-7,13-14,18H,2,5,8-10H2,1H3.